The number of benzene rings is 5. The highest BCUT2D eigenvalue weighted by atomic mass is 14.1. The first-order valence-electron chi connectivity index (χ1n) is 6.81. The third kappa shape index (κ3) is 1.12. The van der Waals surface area contributed by atoms with Gasteiger partial charge in [-0.25, -0.2) is 0 Å². The van der Waals surface area contributed by atoms with Gasteiger partial charge in [-0.2, -0.15) is 0 Å². The molecule has 0 saturated heterocycles. The maximum absolute atomic E-state index is 3.44. The van der Waals surface area contributed by atoms with Crippen molar-refractivity contribution in [3.05, 3.63) is 72.8 Å². The van der Waals surface area contributed by atoms with Crippen LogP contribution in [0.3, 0.4) is 0 Å². The van der Waals surface area contributed by atoms with E-state index in [1.165, 1.54) is 43.1 Å². The topological polar surface area (TPSA) is 0 Å². The van der Waals surface area contributed by atoms with E-state index in [9.17, 15) is 0 Å². The molecule has 0 aliphatic rings. The number of fused-ring (bicyclic) bond motifs is 2. The predicted octanol–water partition coefficient (Wildman–Crippen LogP) is 5.34. The summed E-state index contributed by atoms with van der Waals surface area (Å²) in [5.41, 5.74) is 0. The molecular formula is C20H10. The van der Waals surface area contributed by atoms with Crippen LogP contribution in [-0.4, -0.2) is 0 Å². The lowest BCUT2D eigenvalue weighted by Crippen LogP contribution is -1.86. The van der Waals surface area contributed by atoms with Crippen molar-refractivity contribution in [2.75, 3.05) is 0 Å². The lowest BCUT2D eigenvalue weighted by Gasteiger charge is -2.13. The summed E-state index contributed by atoms with van der Waals surface area (Å²) in [6.45, 7) is 0. The van der Waals surface area contributed by atoms with Gasteiger partial charge in [-0.15, -0.1) is 0 Å². The quantitative estimate of drug-likeness (QED) is 0.257. The molecule has 5 aromatic carbocycles. The molecule has 2 radical (unpaired) electrons. The van der Waals surface area contributed by atoms with Gasteiger partial charge in [-0.1, -0.05) is 60.7 Å². The molecule has 0 saturated carbocycles. The van der Waals surface area contributed by atoms with E-state index in [1.54, 1.807) is 0 Å². The standard InChI is InChI=1S/C20H10/c1-5-13-6-2-11-17-18-12-4-8-14-7-3-10-16(20(14)18)15(9-1)19(13)17/h1-7,9-10,12H. The summed E-state index contributed by atoms with van der Waals surface area (Å²) < 4.78 is 0. The maximum atomic E-state index is 3.44. The first-order chi connectivity index (χ1) is 9.93. The monoisotopic (exact) mass is 250 g/mol. The molecule has 0 aromatic heterocycles. The van der Waals surface area contributed by atoms with Crippen molar-refractivity contribution < 1.29 is 0 Å². The van der Waals surface area contributed by atoms with E-state index in [0.29, 0.717) is 0 Å². The zero-order valence-electron chi connectivity index (χ0n) is 10.8. The van der Waals surface area contributed by atoms with Crippen molar-refractivity contribution in [3.63, 3.8) is 0 Å². The molecule has 0 heteroatoms. The minimum atomic E-state index is 1.18. The van der Waals surface area contributed by atoms with Gasteiger partial charge in [0.1, 0.15) is 0 Å². The lowest BCUT2D eigenvalue weighted by molar-refractivity contribution is 1.77. The van der Waals surface area contributed by atoms with Crippen LogP contribution in [-0.2, 0) is 0 Å². The van der Waals surface area contributed by atoms with E-state index in [0.717, 1.165) is 0 Å². The van der Waals surface area contributed by atoms with Gasteiger partial charge in [-0.3, -0.25) is 0 Å². The molecule has 0 amide bonds. The van der Waals surface area contributed by atoms with Gasteiger partial charge in [0.2, 0.25) is 0 Å². The SMILES string of the molecule is [c]1ccc2c3[c]ccc4cccc(c5cccc1c25)c43. The summed E-state index contributed by atoms with van der Waals surface area (Å²) in [5, 5.41) is 10.2. The molecular weight excluding hydrogens is 240 g/mol. The predicted molar refractivity (Wildman–Crippen MR) is 85.3 cm³/mol. The maximum Gasteiger partial charge on any atom is -0.00139 e. The molecule has 0 atom stereocenters. The van der Waals surface area contributed by atoms with Crippen LogP contribution in [0.5, 0.6) is 0 Å². The normalized spacial score (nSPS) is 12.0. The van der Waals surface area contributed by atoms with Crippen LogP contribution in [0.1, 0.15) is 0 Å². The molecule has 0 bridgehead atoms. The summed E-state index contributed by atoms with van der Waals surface area (Å²) in [6.07, 6.45) is 0. The van der Waals surface area contributed by atoms with Crippen molar-refractivity contribution in [3.8, 4) is 0 Å². The zero-order valence-corrected chi connectivity index (χ0v) is 10.8. The Balaban J connectivity index is 2.32. The van der Waals surface area contributed by atoms with Crippen LogP contribution in [0, 0.1) is 12.1 Å². The molecule has 5 rings (SSSR count). The minimum absolute atomic E-state index is 1.18. The fourth-order valence-corrected chi connectivity index (χ4v) is 3.41. The van der Waals surface area contributed by atoms with E-state index >= 15 is 0 Å². The second kappa shape index (κ2) is 3.49. The van der Waals surface area contributed by atoms with Crippen LogP contribution >= 0.6 is 0 Å². The van der Waals surface area contributed by atoms with Gasteiger partial charge in [0.15, 0.2) is 0 Å². The summed E-state index contributed by atoms with van der Waals surface area (Å²) in [4.78, 5) is 0. The van der Waals surface area contributed by atoms with Gasteiger partial charge < -0.3 is 0 Å². The Bertz CT molecular complexity index is 917. The average Bonchev–Trinajstić information content (AvgIpc) is 2.52. The van der Waals surface area contributed by atoms with Crippen LogP contribution in [0.2, 0.25) is 0 Å². The molecule has 0 unspecified atom stereocenters. The molecule has 5 aromatic rings. The van der Waals surface area contributed by atoms with Crippen molar-refractivity contribution >= 4 is 43.1 Å². The van der Waals surface area contributed by atoms with Gasteiger partial charge in [-0.05, 0) is 55.2 Å². The third-order valence-electron chi connectivity index (χ3n) is 4.22. The van der Waals surface area contributed by atoms with Crippen LogP contribution in [0.15, 0.2) is 60.7 Å². The minimum Gasteiger partial charge on any atom is -0.0610 e. The van der Waals surface area contributed by atoms with Gasteiger partial charge >= 0.3 is 0 Å². The van der Waals surface area contributed by atoms with Crippen molar-refractivity contribution in [2.45, 2.75) is 0 Å². The van der Waals surface area contributed by atoms with Crippen LogP contribution < -0.4 is 0 Å². The second-order valence-electron chi connectivity index (χ2n) is 5.24. The second-order valence-corrected chi connectivity index (χ2v) is 5.24. The van der Waals surface area contributed by atoms with E-state index in [-0.39, 0.29) is 0 Å². The van der Waals surface area contributed by atoms with E-state index in [4.69, 9.17) is 0 Å². The molecule has 0 aliphatic heterocycles. The fourth-order valence-electron chi connectivity index (χ4n) is 3.41. The Morgan fingerprint density at radius 3 is 2.35 bits per heavy atom. The first-order valence-corrected chi connectivity index (χ1v) is 6.81. The largest absolute Gasteiger partial charge is 0.0610 e. The molecule has 0 aliphatic carbocycles. The molecule has 0 N–H and O–H groups in total. The first kappa shape index (κ1) is 10.2. The summed E-state index contributed by atoms with van der Waals surface area (Å²) >= 11 is 0. The Morgan fingerprint density at radius 1 is 0.600 bits per heavy atom. The van der Waals surface area contributed by atoms with Crippen molar-refractivity contribution in [2.24, 2.45) is 0 Å². The number of hydrogen-bond acceptors (Lipinski definition) is 0. The van der Waals surface area contributed by atoms with E-state index < -0.39 is 0 Å². The number of rotatable bonds is 0. The molecule has 0 fully saturated rings. The summed E-state index contributed by atoms with van der Waals surface area (Å²) in [6, 6.07) is 28.1. The van der Waals surface area contributed by atoms with E-state index in [2.05, 4.69) is 60.7 Å². The van der Waals surface area contributed by atoms with Gasteiger partial charge in [0.25, 0.3) is 0 Å². The van der Waals surface area contributed by atoms with Gasteiger partial charge in [0.05, 0.1) is 0 Å². The van der Waals surface area contributed by atoms with E-state index in [1.807, 2.05) is 12.1 Å². The molecule has 0 heterocycles. The highest BCUT2D eigenvalue weighted by Gasteiger charge is 2.11. The Kier molecular flexibility index (Phi) is 1.78. The Hall–Kier alpha value is -2.60. The molecule has 20 heavy (non-hydrogen) atoms. The Labute approximate surface area is 116 Å². The van der Waals surface area contributed by atoms with Crippen LogP contribution in [0.25, 0.3) is 43.1 Å². The van der Waals surface area contributed by atoms with Crippen molar-refractivity contribution in [1.29, 1.82) is 0 Å². The molecule has 0 nitrogen and oxygen atoms in total. The Morgan fingerprint density at radius 2 is 1.40 bits per heavy atom. The summed E-state index contributed by atoms with van der Waals surface area (Å²) in [7, 11) is 0. The highest BCUT2D eigenvalue weighted by Crippen LogP contribution is 2.39. The van der Waals surface area contributed by atoms with Crippen LogP contribution in [0.4, 0.5) is 0 Å². The molecule has 0 spiro atoms. The van der Waals surface area contributed by atoms with Crippen molar-refractivity contribution in [1.82, 2.24) is 0 Å². The van der Waals surface area contributed by atoms with Gasteiger partial charge in [0, 0.05) is 0 Å². The smallest absolute Gasteiger partial charge is 0.00139 e. The number of hydrogen-bond donors (Lipinski definition) is 0. The molecule has 90 valence electrons. The lowest BCUT2D eigenvalue weighted by atomic mass is 9.90. The summed E-state index contributed by atoms with van der Waals surface area (Å²) in [5.74, 6) is 0. The highest BCUT2D eigenvalue weighted by molar-refractivity contribution is 6.32. The third-order valence-corrected chi connectivity index (χ3v) is 4.22. The zero-order chi connectivity index (χ0) is 13.1. The average molecular weight is 250 g/mol. The fraction of sp³-hybridized carbons (Fsp3) is 0.